The van der Waals surface area contributed by atoms with Gasteiger partial charge >= 0.3 is 6.09 Å². The van der Waals surface area contributed by atoms with Crippen LogP contribution in [0.4, 0.5) is 4.79 Å². The zero-order valence-corrected chi connectivity index (χ0v) is 14.2. The van der Waals surface area contributed by atoms with Crippen molar-refractivity contribution < 1.29 is 9.53 Å². The fourth-order valence-corrected chi connectivity index (χ4v) is 2.01. The van der Waals surface area contributed by atoms with Gasteiger partial charge in [0, 0.05) is 23.5 Å². The third-order valence-corrected chi connectivity index (χ3v) is 3.75. The van der Waals surface area contributed by atoms with Gasteiger partial charge in [-0.2, -0.15) is 0 Å². The van der Waals surface area contributed by atoms with E-state index in [0.717, 1.165) is 16.1 Å². The van der Waals surface area contributed by atoms with Gasteiger partial charge in [-0.3, -0.25) is 0 Å². The van der Waals surface area contributed by atoms with E-state index in [1.807, 2.05) is 52.8 Å². The Morgan fingerprint density at radius 2 is 1.95 bits per heavy atom. The second-order valence-corrected chi connectivity index (χ2v) is 6.99. The van der Waals surface area contributed by atoms with E-state index in [-0.39, 0.29) is 5.41 Å². The molecule has 5 heteroatoms. The van der Waals surface area contributed by atoms with Gasteiger partial charge in [0.1, 0.15) is 5.60 Å². The van der Waals surface area contributed by atoms with Crippen molar-refractivity contribution in [1.29, 1.82) is 0 Å². The van der Waals surface area contributed by atoms with Crippen molar-refractivity contribution >= 4 is 17.7 Å². The first-order chi connectivity index (χ1) is 9.57. The summed E-state index contributed by atoms with van der Waals surface area (Å²) >= 11 is 6.05. The molecule has 21 heavy (non-hydrogen) atoms. The number of carbonyl (C=O) groups excluding carboxylic acids is 1. The summed E-state index contributed by atoms with van der Waals surface area (Å²) in [5.74, 6) is 0. The molecule has 1 amide bonds. The maximum Gasteiger partial charge on any atom is 0.407 e. The largest absolute Gasteiger partial charge is 0.444 e. The molecule has 0 fully saturated rings. The fraction of sp³-hybridized carbons (Fsp3) is 0.562. The van der Waals surface area contributed by atoms with Gasteiger partial charge in [0.25, 0.3) is 0 Å². The van der Waals surface area contributed by atoms with E-state index in [0.29, 0.717) is 13.1 Å². The number of hydrogen-bond donors (Lipinski definition) is 2. The number of benzene rings is 1. The molecular formula is C16H25ClN2O2. The molecule has 118 valence electrons. The van der Waals surface area contributed by atoms with Crippen molar-refractivity contribution in [2.45, 2.75) is 45.6 Å². The van der Waals surface area contributed by atoms with E-state index in [1.165, 1.54) is 0 Å². The number of aryl methyl sites for hydroxylation is 1. The number of amides is 1. The number of alkyl carbamates (subject to hydrolysis) is 1. The summed E-state index contributed by atoms with van der Waals surface area (Å²) in [7, 11) is 0. The molecule has 0 spiro atoms. The minimum atomic E-state index is -0.514. The SMILES string of the molecule is Cc1cc(C(C)(CN)CNC(=O)OC(C)(C)C)ccc1Cl. The summed E-state index contributed by atoms with van der Waals surface area (Å²) in [6, 6.07) is 5.80. The number of ether oxygens (including phenoxy) is 1. The zero-order valence-electron chi connectivity index (χ0n) is 13.4. The van der Waals surface area contributed by atoms with Crippen molar-refractivity contribution in [3.63, 3.8) is 0 Å². The second kappa shape index (κ2) is 6.67. The summed E-state index contributed by atoms with van der Waals surface area (Å²) in [6.45, 7) is 10.3. The normalized spacial score (nSPS) is 14.4. The molecule has 1 atom stereocenters. The number of carbonyl (C=O) groups is 1. The first-order valence-corrected chi connectivity index (χ1v) is 7.39. The average Bonchev–Trinajstić information content (AvgIpc) is 2.37. The van der Waals surface area contributed by atoms with Crippen LogP contribution in [0.15, 0.2) is 18.2 Å². The Hall–Kier alpha value is -1.26. The van der Waals surface area contributed by atoms with E-state index in [4.69, 9.17) is 22.1 Å². The fourth-order valence-electron chi connectivity index (χ4n) is 1.89. The van der Waals surface area contributed by atoms with Gasteiger partial charge < -0.3 is 15.8 Å². The van der Waals surface area contributed by atoms with Crippen LogP contribution in [0.3, 0.4) is 0 Å². The highest BCUT2D eigenvalue weighted by Gasteiger charge is 2.27. The predicted octanol–water partition coefficient (Wildman–Crippen LogP) is 3.39. The highest BCUT2D eigenvalue weighted by Crippen LogP contribution is 2.26. The Kier molecular flexibility index (Phi) is 5.65. The molecule has 3 N–H and O–H groups in total. The van der Waals surface area contributed by atoms with Crippen LogP contribution in [-0.4, -0.2) is 24.8 Å². The smallest absolute Gasteiger partial charge is 0.407 e. The predicted molar refractivity (Wildman–Crippen MR) is 86.8 cm³/mol. The van der Waals surface area contributed by atoms with Crippen molar-refractivity contribution in [1.82, 2.24) is 5.32 Å². The molecule has 0 aliphatic rings. The van der Waals surface area contributed by atoms with E-state index in [9.17, 15) is 4.79 Å². The first kappa shape index (κ1) is 17.8. The van der Waals surface area contributed by atoms with Crippen LogP contribution in [0.25, 0.3) is 0 Å². The minimum Gasteiger partial charge on any atom is -0.444 e. The van der Waals surface area contributed by atoms with Crippen molar-refractivity contribution in [3.05, 3.63) is 34.3 Å². The van der Waals surface area contributed by atoms with E-state index >= 15 is 0 Å². The summed E-state index contributed by atoms with van der Waals surface area (Å²) in [5, 5.41) is 3.51. The van der Waals surface area contributed by atoms with Crippen LogP contribution in [0.2, 0.25) is 5.02 Å². The van der Waals surface area contributed by atoms with Gasteiger partial charge in [0.05, 0.1) is 0 Å². The highest BCUT2D eigenvalue weighted by atomic mass is 35.5. The number of nitrogens with one attached hydrogen (secondary N) is 1. The number of halogens is 1. The third-order valence-electron chi connectivity index (χ3n) is 3.33. The third kappa shape index (κ3) is 5.21. The Labute approximate surface area is 132 Å². The first-order valence-electron chi connectivity index (χ1n) is 7.01. The van der Waals surface area contributed by atoms with Gasteiger partial charge in [-0.25, -0.2) is 4.79 Å². The number of rotatable bonds is 4. The van der Waals surface area contributed by atoms with Crippen LogP contribution in [0, 0.1) is 6.92 Å². The topological polar surface area (TPSA) is 64.3 Å². The molecule has 0 heterocycles. The van der Waals surface area contributed by atoms with Gasteiger partial charge in [0.2, 0.25) is 0 Å². The van der Waals surface area contributed by atoms with Gasteiger partial charge in [-0.15, -0.1) is 0 Å². The maximum atomic E-state index is 11.8. The summed E-state index contributed by atoms with van der Waals surface area (Å²) in [6.07, 6.45) is -0.437. The van der Waals surface area contributed by atoms with Crippen molar-refractivity contribution in [2.75, 3.05) is 13.1 Å². The molecule has 0 saturated heterocycles. The van der Waals surface area contributed by atoms with E-state index in [1.54, 1.807) is 0 Å². The lowest BCUT2D eigenvalue weighted by Gasteiger charge is -2.30. The minimum absolute atomic E-state index is 0.369. The summed E-state index contributed by atoms with van der Waals surface area (Å²) < 4.78 is 5.24. The molecular weight excluding hydrogens is 288 g/mol. The molecule has 0 saturated carbocycles. The molecule has 0 aliphatic carbocycles. The number of hydrogen-bond acceptors (Lipinski definition) is 3. The van der Waals surface area contributed by atoms with Crippen molar-refractivity contribution in [3.8, 4) is 0 Å². The van der Waals surface area contributed by atoms with Crippen LogP contribution in [-0.2, 0) is 10.2 Å². The molecule has 0 bridgehead atoms. The molecule has 4 nitrogen and oxygen atoms in total. The molecule has 1 rings (SSSR count). The lowest BCUT2D eigenvalue weighted by Crippen LogP contribution is -2.45. The lowest BCUT2D eigenvalue weighted by molar-refractivity contribution is 0.0516. The lowest BCUT2D eigenvalue weighted by atomic mass is 9.82. The molecule has 0 aromatic heterocycles. The standard InChI is InChI=1S/C16H25ClN2O2/c1-11-8-12(6-7-13(11)17)16(5,9-18)10-19-14(20)21-15(2,3)4/h6-8H,9-10,18H2,1-5H3,(H,19,20). The highest BCUT2D eigenvalue weighted by molar-refractivity contribution is 6.31. The Morgan fingerprint density at radius 1 is 1.33 bits per heavy atom. The molecule has 1 aromatic carbocycles. The van der Waals surface area contributed by atoms with Crippen LogP contribution in [0.1, 0.15) is 38.8 Å². The van der Waals surface area contributed by atoms with Gasteiger partial charge in [-0.05, 0) is 44.9 Å². The number of nitrogens with two attached hydrogens (primary N) is 1. The van der Waals surface area contributed by atoms with Crippen LogP contribution < -0.4 is 11.1 Å². The van der Waals surface area contributed by atoms with Gasteiger partial charge in [-0.1, -0.05) is 30.7 Å². The zero-order chi connectivity index (χ0) is 16.3. The second-order valence-electron chi connectivity index (χ2n) is 6.58. The van der Waals surface area contributed by atoms with E-state index in [2.05, 4.69) is 5.32 Å². The summed E-state index contributed by atoms with van der Waals surface area (Å²) in [5.41, 5.74) is 7.07. The molecule has 1 unspecified atom stereocenters. The maximum absolute atomic E-state index is 11.8. The van der Waals surface area contributed by atoms with Gasteiger partial charge in [0.15, 0.2) is 0 Å². The molecule has 1 aromatic rings. The quantitative estimate of drug-likeness (QED) is 0.895. The van der Waals surface area contributed by atoms with Crippen LogP contribution in [0.5, 0.6) is 0 Å². The Morgan fingerprint density at radius 3 is 2.43 bits per heavy atom. The summed E-state index contributed by atoms with van der Waals surface area (Å²) in [4.78, 5) is 11.8. The van der Waals surface area contributed by atoms with Crippen molar-refractivity contribution in [2.24, 2.45) is 5.73 Å². The average molecular weight is 313 g/mol. The monoisotopic (exact) mass is 312 g/mol. The Balaban J connectivity index is 2.80. The van der Waals surface area contributed by atoms with E-state index < -0.39 is 11.7 Å². The molecule has 0 radical (unpaired) electrons. The van der Waals surface area contributed by atoms with Crippen LogP contribution >= 0.6 is 11.6 Å². The Bertz CT molecular complexity index is 511. The molecule has 0 aliphatic heterocycles.